The molecule has 0 saturated carbocycles. The van der Waals surface area contributed by atoms with Crippen LogP contribution in [0, 0.1) is 13.8 Å². The normalized spacial score (nSPS) is 10.9. The maximum absolute atomic E-state index is 5.62. The van der Waals surface area contributed by atoms with E-state index in [1.54, 1.807) is 0 Å². The topological polar surface area (TPSA) is 65.0 Å². The van der Waals surface area contributed by atoms with E-state index < -0.39 is 0 Å². The van der Waals surface area contributed by atoms with Gasteiger partial charge >= 0.3 is 0 Å². The van der Waals surface area contributed by atoms with Crippen molar-refractivity contribution in [3.63, 3.8) is 0 Å². The van der Waals surface area contributed by atoms with Gasteiger partial charge < -0.3 is 8.94 Å². The molecule has 0 atom stereocenters. The lowest BCUT2D eigenvalue weighted by Gasteiger charge is -1.95. The fraction of sp³-hybridized carbons (Fsp3) is 0.214. The van der Waals surface area contributed by atoms with Gasteiger partial charge in [0.25, 0.3) is 5.22 Å². The SMILES string of the molecule is Cc1ccc(-c2nnc(SCc3cc(C)on3)o2)cc1. The quantitative estimate of drug-likeness (QED) is 0.683. The smallest absolute Gasteiger partial charge is 0.277 e. The second-order valence-electron chi connectivity index (χ2n) is 4.46. The van der Waals surface area contributed by atoms with E-state index in [1.807, 2.05) is 44.2 Å². The van der Waals surface area contributed by atoms with Crippen molar-refractivity contribution in [1.29, 1.82) is 0 Å². The van der Waals surface area contributed by atoms with Crippen LogP contribution in [-0.2, 0) is 5.75 Å². The number of thioether (sulfide) groups is 1. The minimum Gasteiger partial charge on any atom is -0.411 e. The van der Waals surface area contributed by atoms with Crippen molar-refractivity contribution in [1.82, 2.24) is 15.4 Å². The Morgan fingerprint density at radius 2 is 1.90 bits per heavy atom. The van der Waals surface area contributed by atoms with E-state index in [2.05, 4.69) is 15.4 Å². The molecule has 0 unspecified atom stereocenters. The Labute approximate surface area is 120 Å². The number of hydrogen-bond donors (Lipinski definition) is 0. The number of rotatable bonds is 4. The van der Waals surface area contributed by atoms with Gasteiger partial charge in [0.1, 0.15) is 5.76 Å². The molecule has 0 N–H and O–H groups in total. The Morgan fingerprint density at radius 3 is 2.60 bits per heavy atom. The van der Waals surface area contributed by atoms with Crippen LogP contribution in [0.4, 0.5) is 0 Å². The first-order valence-electron chi connectivity index (χ1n) is 6.16. The monoisotopic (exact) mass is 287 g/mol. The predicted octanol–water partition coefficient (Wildman–Crippen LogP) is 3.63. The molecular weight excluding hydrogens is 274 g/mol. The van der Waals surface area contributed by atoms with Crippen LogP contribution in [0.1, 0.15) is 17.0 Å². The minimum atomic E-state index is 0.529. The lowest BCUT2D eigenvalue weighted by Crippen LogP contribution is -1.79. The van der Waals surface area contributed by atoms with Crippen molar-refractivity contribution in [2.24, 2.45) is 0 Å². The Morgan fingerprint density at radius 1 is 1.10 bits per heavy atom. The molecule has 1 aromatic carbocycles. The van der Waals surface area contributed by atoms with Gasteiger partial charge in [-0.15, -0.1) is 10.2 Å². The lowest BCUT2D eigenvalue weighted by atomic mass is 10.1. The summed E-state index contributed by atoms with van der Waals surface area (Å²) in [4.78, 5) is 0. The number of aromatic nitrogens is 3. The molecule has 0 bridgehead atoms. The molecular formula is C14H13N3O2S. The third-order valence-corrected chi connectivity index (χ3v) is 3.58. The van der Waals surface area contributed by atoms with Crippen LogP contribution in [0.25, 0.3) is 11.5 Å². The summed E-state index contributed by atoms with van der Waals surface area (Å²) in [7, 11) is 0. The second kappa shape index (κ2) is 5.50. The largest absolute Gasteiger partial charge is 0.411 e. The molecule has 102 valence electrons. The third kappa shape index (κ3) is 2.91. The number of nitrogens with zero attached hydrogens (tertiary/aromatic N) is 3. The molecule has 0 saturated heterocycles. The molecule has 2 heterocycles. The van der Waals surface area contributed by atoms with Crippen LogP contribution in [0.2, 0.25) is 0 Å². The van der Waals surface area contributed by atoms with Crippen LogP contribution in [0.15, 0.2) is 44.5 Å². The van der Waals surface area contributed by atoms with E-state index >= 15 is 0 Å². The molecule has 0 amide bonds. The summed E-state index contributed by atoms with van der Waals surface area (Å²) in [5.41, 5.74) is 2.99. The summed E-state index contributed by atoms with van der Waals surface area (Å²) in [6.07, 6.45) is 0. The highest BCUT2D eigenvalue weighted by molar-refractivity contribution is 7.98. The molecule has 0 fully saturated rings. The van der Waals surface area contributed by atoms with Crippen LogP contribution in [-0.4, -0.2) is 15.4 Å². The van der Waals surface area contributed by atoms with Gasteiger partial charge in [0, 0.05) is 17.4 Å². The summed E-state index contributed by atoms with van der Waals surface area (Å²) < 4.78 is 10.6. The number of benzene rings is 1. The molecule has 20 heavy (non-hydrogen) atoms. The van der Waals surface area contributed by atoms with Gasteiger partial charge in [0.05, 0.1) is 5.69 Å². The summed E-state index contributed by atoms with van der Waals surface area (Å²) >= 11 is 1.44. The lowest BCUT2D eigenvalue weighted by molar-refractivity contribution is 0.392. The average molecular weight is 287 g/mol. The zero-order valence-corrected chi connectivity index (χ0v) is 12.0. The van der Waals surface area contributed by atoms with E-state index in [0.29, 0.717) is 16.9 Å². The highest BCUT2D eigenvalue weighted by Crippen LogP contribution is 2.25. The average Bonchev–Trinajstić information content (AvgIpc) is 3.06. The van der Waals surface area contributed by atoms with Crippen molar-refractivity contribution in [2.75, 3.05) is 0 Å². The third-order valence-electron chi connectivity index (χ3n) is 2.73. The molecule has 5 nitrogen and oxygen atoms in total. The van der Waals surface area contributed by atoms with Crippen molar-refractivity contribution in [2.45, 2.75) is 24.8 Å². The fourth-order valence-corrected chi connectivity index (χ4v) is 2.35. The van der Waals surface area contributed by atoms with Gasteiger partial charge in [0.15, 0.2) is 0 Å². The standard InChI is InChI=1S/C14H13N3O2S/c1-9-3-5-11(6-4-9)13-15-16-14(18-13)20-8-12-7-10(2)19-17-12/h3-7H,8H2,1-2H3. The zero-order chi connectivity index (χ0) is 13.9. The predicted molar refractivity (Wildman–Crippen MR) is 75.3 cm³/mol. The van der Waals surface area contributed by atoms with Crippen LogP contribution < -0.4 is 0 Å². The summed E-state index contributed by atoms with van der Waals surface area (Å²) in [5.74, 6) is 1.97. The number of aryl methyl sites for hydroxylation is 2. The van der Waals surface area contributed by atoms with Gasteiger partial charge in [-0.05, 0) is 26.0 Å². The molecule has 0 radical (unpaired) electrons. The van der Waals surface area contributed by atoms with Gasteiger partial charge in [-0.2, -0.15) is 0 Å². The maximum atomic E-state index is 5.62. The first-order chi connectivity index (χ1) is 9.70. The summed E-state index contributed by atoms with van der Waals surface area (Å²) in [6, 6.07) is 9.87. The van der Waals surface area contributed by atoms with E-state index in [1.165, 1.54) is 17.3 Å². The molecule has 0 aliphatic carbocycles. The van der Waals surface area contributed by atoms with Crippen LogP contribution in [0.5, 0.6) is 0 Å². The van der Waals surface area contributed by atoms with Gasteiger partial charge in [-0.25, -0.2) is 0 Å². The Bertz CT molecular complexity index is 703. The Balaban J connectivity index is 1.69. The summed E-state index contributed by atoms with van der Waals surface area (Å²) in [6.45, 7) is 3.90. The van der Waals surface area contributed by atoms with Crippen molar-refractivity contribution >= 4 is 11.8 Å². The Kier molecular flexibility index (Phi) is 3.56. The first-order valence-corrected chi connectivity index (χ1v) is 7.15. The molecule has 3 aromatic rings. The molecule has 2 aromatic heterocycles. The van der Waals surface area contributed by atoms with E-state index in [-0.39, 0.29) is 0 Å². The molecule has 3 rings (SSSR count). The molecule has 0 aliphatic rings. The number of hydrogen-bond acceptors (Lipinski definition) is 6. The van der Waals surface area contributed by atoms with Crippen molar-refractivity contribution in [3.05, 3.63) is 47.3 Å². The fourth-order valence-electron chi connectivity index (χ4n) is 1.70. The van der Waals surface area contributed by atoms with E-state index in [9.17, 15) is 0 Å². The second-order valence-corrected chi connectivity index (χ2v) is 5.38. The van der Waals surface area contributed by atoms with Gasteiger partial charge in [0.2, 0.25) is 5.89 Å². The maximum Gasteiger partial charge on any atom is 0.277 e. The van der Waals surface area contributed by atoms with E-state index in [0.717, 1.165) is 17.0 Å². The molecule has 6 heteroatoms. The highest BCUT2D eigenvalue weighted by Gasteiger charge is 2.10. The van der Waals surface area contributed by atoms with Crippen LogP contribution >= 0.6 is 11.8 Å². The molecule has 0 aliphatic heterocycles. The highest BCUT2D eigenvalue weighted by atomic mass is 32.2. The molecule has 0 spiro atoms. The minimum absolute atomic E-state index is 0.529. The van der Waals surface area contributed by atoms with Crippen molar-refractivity contribution in [3.8, 4) is 11.5 Å². The zero-order valence-electron chi connectivity index (χ0n) is 11.2. The Hall–Kier alpha value is -2.08. The van der Waals surface area contributed by atoms with Crippen molar-refractivity contribution < 1.29 is 8.94 Å². The van der Waals surface area contributed by atoms with Gasteiger partial charge in [-0.1, -0.05) is 34.6 Å². The van der Waals surface area contributed by atoms with Gasteiger partial charge in [-0.3, -0.25) is 0 Å². The van der Waals surface area contributed by atoms with E-state index in [4.69, 9.17) is 8.94 Å². The summed E-state index contributed by atoms with van der Waals surface area (Å²) in [5, 5.41) is 12.5. The van der Waals surface area contributed by atoms with Crippen LogP contribution in [0.3, 0.4) is 0 Å². The first kappa shape index (κ1) is 12.9.